The summed E-state index contributed by atoms with van der Waals surface area (Å²) in [4.78, 5) is 14.5. The van der Waals surface area contributed by atoms with E-state index in [-0.39, 0.29) is 24.4 Å². The number of amides is 1. The molecule has 5 nitrogen and oxygen atoms in total. The second-order valence-corrected chi connectivity index (χ2v) is 6.29. The first-order valence-electron chi connectivity index (χ1n) is 7.70. The van der Waals surface area contributed by atoms with Gasteiger partial charge in [0.1, 0.15) is 5.75 Å². The van der Waals surface area contributed by atoms with E-state index in [0.29, 0.717) is 47.6 Å². The smallest absolute Gasteiger partial charge is 0.257 e. The Morgan fingerprint density at radius 2 is 1.92 bits per heavy atom. The Balaban J connectivity index is 0.00000288. The average Bonchev–Trinajstić information content (AvgIpc) is 2.57. The van der Waals surface area contributed by atoms with Crippen molar-refractivity contribution in [3.05, 3.63) is 27.7 Å². The van der Waals surface area contributed by atoms with Crippen LogP contribution >= 0.6 is 35.6 Å². The molecule has 2 N–H and O–H groups in total. The minimum Gasteiger partial charge on any atom is -0.496 e. The lowest BCUT2D eigenvalue weighted by molar-refractivity contribution is 0.00838. The third kappa shape index (κ3) is 5.39. The predicted octanol–water partition coefficient (Wildman–Crippen LogP) is 3.39. The van der Waals surface area contributed by atoms with E-state index in [9.17, 15) is 4.79 Å². The molecule has 1 saturated heterocycles. The number of methoxy groups -OCH3 is 1. The van der Waals surface area contributed by atoms with E-state index in [0.717, 1.165) is 19.3 Å². The quantitative estimate of drug-likeness (QED) is 0.747. The molecule has 0 spiro atoms. The summed E-state index contributed by atoms with van der Waals surface area (Å²) in [5.74, 6) is 0.339. The van der Waals surface area contributed by atoms with Crippen LogP contribution in [0.3, 0.4) is 0 Å². The maximum absolute atomic E-state index is 12.7. The second-order valence-electron chi connectivity index (χ2n) is 5.47. The normalized spacial score (nSPS) is 15.1. The van der Waals surface area contributed by atoms with Gasteiger partial charge in [-0.1, -0.05) is 23.2 Å². The third-order valence-electron chi connectivity index (χ3n) is 3.90. The lowest BCUT2D eigenvalue weighted by Gasteiger charge is -2.32. The number of nitrogens with zero attached hydrogens (tertiary/aromatic N) is 1. The highest BCUT2D eigenvalue weighted by Crippen LogP contribution is 2.31. The van der Waals surface area contributed by atoms with Gasteiger partial charge >= 0.3 is 0 Å². The highest BCUT2D eigenvalue weighted by atomic mass is 35.5. The first-order chi connectivity index (χ1) is 11.1. The van der Waals surface area contributed by atoms with Crippen molar-refractivity contribution in [1.82, 2.24) is 4.90 Å². The van der Waals surface area contributed by atoms with Crippen LogP contribution in [-0.2, 0) is 4.74 Å². The number of hydrogen-bond acceptors (Lipinski definition) is 4. The molecular formula is C16H23Cl3N2O3. The Morgan fingerprint density at radius 3 is 2.50 bits per heavy atom. The minimum absolute atomic E-state index is 0. The minimum atomic E-state index is -0.0965. The second kappa shape index (κ2) is 10.3. The number of carbonyl (C=O) groups is 1. The van der Waals surface area contributed by atoms with Gasteiger partial charge < -0.3 is 20.1 Å². The van der Waals surface area contributed by atoms with Gasteiger partial charge in [0, 0.05) is 25.8 Å². The Labute approximate surface area is 158 Å². The molecule has 1 fully saturated rings. The SMILES string of the molecule is COc1cc(Cl)c(Cl)cc1C(=O)N1CCC(OCCCN)CC1.Cl. The standard InChI is InChI=1S/C16H22Cl2N2O3.ClH/c1-22-15-10-14(18)13(17)9-12(15)16(21)20-6-3-11(4-7-20)23-8-2-5-19;/h9-11H,2-8,19H2,1H3;1H. The molecule has 0 saturated carbocycles. The van der Waals surface area contributed by atoms with Gasteiger partial charge in [0.05, 0.1) is 28.8 Å². The Kier molecular flexibility index (Phi) is 9.16. The van der Waals surface area contributed by atoms with E-state index in [4.69, 9.17) is 38.4 Å². The molecule has 136 valence electrons. The predicted molar refractivity (Wildman–Crippen MR) is 98.8 cm³/mol. The molecule has 1 amide bonds. The number of ether oxygens (including phenoxy) is 2. The summed E-state index contributed by atoms with van der Waals surface area (Å²) in [7, 11) is 1.51. The fourth-order valence-corrected chi connectivity index (χ4v) is 2.91. The zero-order valence-corrected chi connectivity index (χ0v) is 15.9. The summed E-state index contributed by atoms with van der Waals surface area (Å²) in [6, 6.07) is 3.13. The molecule has 1 heterocycles. The molecule has 0 atom stereocenters. The van der Waals surface area contributed by atoms with Crippen LogP contribution in [0.5, 0.6) is 5.75 Å². The van der Waals surface area contributed by atoms with Crippen LogP contribution in [0.4, 0.5) is 0 Å². The molecule has 0 aromatic heterocycles. The van der Waals surface area contributed by atoms with Crippen molar-refractivity contribution < 1.29 is 14.3 Å². The van der Waals surface area contributed by atoms with Crippen LogP contribution in [0.1, 0.15) is 29.6 Å². The van der Waals surface area contributed by atoms with Gasteiger partial charge in [0.15, 0.2) is 0 Å². The van der Waals surface area contributed by atoms with Crippen LogP contribution in [-0.4, -0.2) is 50.3 Å². The summed E-state index contributed by atoms with van der Waals surface area (Å²) in [5.41, 5.74) is 5.89. The summed E-state index contributed by atoms with van der Waals surface area (Å²) in [5, 5.41) is 0.711. The Bertz CT molecular complexity index is 550. The van der Waals surface area contributed by atoms with E-state index in [1.165, 1.54) is 7.11 Å². The van der Waals surface area contributed by atoms with Gasteiger partial charge in [-0.05, 0) is 31.9 Å². The summed E-state index contributed by atoms with van der Waals surface area (Å²) < 4.78 is 11.0. The monoisotopic (exact) mass is 396 g/mol. The fourth-order valence-electron chi connectivity index (χ4n) is 2.59. The first-order valence-corrected chi connectivity index (χ1v) is 8.46. The topological polar surface area (TPSA) is 64.8 Å². The largest absolute Gasteiger partial charge is 0.496 e. The van der Waals surface area contributed by atoms with Gasteiger partial charge in [-0.3, -0.25) is 4.79 Å². The molecule has 0 unspecified atom stereocenters. The molecular weight excluding hydrogens is 375 g/mol. The number of hydrogen-bond donors (Lipinski definition) is 1. The molecule has 2 rings (SSSR count). The van der Waals surface area contributed by atoms with Crippen molar-refractivity contribution in [3.63, 3.8) is 0 Å². The first kappa shape index (κ1) is 21.3. The fraction of sp³-hybridized carbons (Fsp3) is 0.562. The number of benzene rings is 1. The van der Waals surface area contributed by atoms with Crippen LogP contribution in [0.15, 0.2) is 12.1 Å². The molecule has 1 aromatic rings. The van der Waals surface area contributed by atoms with Gasteiger partial charge in [-0.15, -0.1) is 12.4 Å². The van der Waals surface area contributed by atoms with Crippen molar-refractivity contribution in [2.45, 2.75) is 25.4 Å². The van der Waals surface area contributed by atoms with Gasteiger partial charge in [-0.2, -0.15) is 0 Å². The molecule has 0 radical (unpaired) electrons. The zero-order valence-electron chi connectivity index (χ0n) is 13.6. The van der Waals surface area contributed by atoms with Crippen molar-refractivity contribution in [3.8, 4) is 5.75 Å². The van der Waals surface area contributed by atoms with E-state index >= 15 is 0 Å². The average molecular weight is 398 g/mol. The van der Waals surface area contributed by atoms with Crippen molar-refractivity contribution in [1.29, 1.82) is 0 Å². The maximum Gasteiger partial charge on any atom is 0.257 e. The highest BCUT2D eigenvalue weighted by Gasteiger charge is 2.26. The number of rotatable bonds is 6. The summed E-state index contributed by atoms with van der Waals surface area (Å²) in [6.45, 7) is 2.61. The number of piperidine rings is 1. The van der Waals surface area contributed by atoms with E-state index in [1.807, 2.05) is 0 Å². The van der Waals surface area contributed by atoms with Crippen LogP contribution < -0.4 is 10.5 Å². The Hall–Kier alpha value is -0.720. The van der Waals surface area contributed by atoms with Gasteiger partial charge in [0.25, 0.3) is 5.91 Å². The van der Waals surface area contributed by atoms with Gasteiger partial charge in [0.2, 0.25) is 0 Å². The van der Waals surface area contributed by atoms with Crippen LogP contribution in [0.25, 0.3) is 0 Å². The molecule has 1 aliphatic rings. The molecule has 8 heteroatoms. The van der Waals surface area contributed by atoms with Gasteiger partial charge in [-0.25, -0.2) is 0 Å². The Morgan fingerprint density at radius 1 is 1.29 bits per heavy atom. The molecule has 24 heavy (non-hydrogen) atoms. The van der Waals surface area contributed by atoms with Crippen molar-refractivity contribution in [2.24, 2.45) is 5.73 Å². The number of halogens is 3. The molecule has 0 aliphatic carbocycles. The highest BCUT2D eigenvalue weighted by molar-refractivity contribution is 6.42. The van der Waals surface area contributed by atoms with Crippen molar-refractivity contribution >= 4 is 41.5 Å². The molecule has 1 aromatic carbocycles. The zero-order chi connectivity index (χ0) is 16.8. The third-order valence-corrected chi connectivity index (χ3v) is 4.63. The number of likely N-dealkylation sites (tertiary alicyclic amines) is 1. The lowest BCUT2D eigenvalue weighted by Crippen LogP contribution is -2.41. The number of carbonyl (C=O) groups excluding carboxylic acids is 1. The number of nitrogens with two attached hydrogens (primary N) is 1. The van der Waals surface area contributed by atoms with E-state index in [2.05, 4.69) is 0 Å². The van der Waals surface area contributed by atoms with E-state index in [1.54, 1.807) is 17.0 Å². The molecule has 1 aliphatic heterocycles. The lowest BCUT2D eigenvalue weighted by atomic mass is 10.1. The summed E-state index contributed by atoms with van der Waals surface area (Å²) >= 11 is 12.0. The van der Waals surface area contributed by atoms with Crippen LogP contribution in [0, 0.1) is 0 Å². The summed E-state index contributed by atoms with van der Waals surface area (Å²) in [6.07, 6.45) is 2.70. The maximum atomic E-state index is 12.7. The molecule has 0 bridgehead atoms. The van der Waals surface area contributed by atoms with Crippen molar-refractivity contribution in [2.75, 3.05) is 33.4 Å². The van der Waals surface area contributed by atoms with Crippen LogP contribution in [0.2, 0.25) is 10.0 Å². The van der Waals surface area contributed by atoms with E-state index < -0.39 is 0 Å².